The molecule has 1 atom stereocenters. The van der Waals surface area contributed by atoms with Gasteiger partial charge in [-0.15, -0.1) is 6.58 Å². The van der Waals surface area contributed by atoms with E-state index in [9.17, 15) is 4.79 Å². The summed E-state index contributed by atoms with van der Waals surface area (Å²) in [6.07, 6.45) is 2.83. The molecule has 0 aromatic heterocycles. The van der Waals surface area contributed by atoms with Crippen molar-refractivity contribution in [3.8, 4) is 11.5 Å². The predicted octanol–water partition coefficient (Wildman–Crippen LogP) is 3.53. The van der Waals surface area contributed by atoms with E-state index < -0.39 is 0 Å². The lowest BCUT2D eigenvalue weighted by Crippen LogP contribution is -2.42. The summed E-state index contributed by atoms with van der Waals surface area (Å²) in [5.74, 6) is 1.39. The molecule has 0 unspecified atom stereocenters. The third kappa shape index (κ3) is 4.04. The topological polar surface area (TPSA) is 50.8 Å². The van der Waals surface area contributed by atoms with Gasteiger partial charge in [-0.05, 0) is 48.2 Å². The highest BCUT2D eigenvalue weighted by molar-refractivity contribution is 5.95. The molecule has 0 saturated carbocycles. The standard InChI is InChI=1S/C23H28N2O3/c1-5-11-25-12-10-17-13-21(27-3)22(28-4)14-19(17)20(25)15-24-23(26)18-9-7-6-8-16(18)2/h5-9,13-14,20H,1,10-12,15H2,2-4H3,(H,24,26)/t20-/m1/s1. The van der Waals surface area contributed by atoms with Gasteiger partial charge >= 0.3 is 0 Å². The number of hydrogen-bond acceptors (Lipinski definition) is 4. The molecule has 0 radical (unpaired) electrons. The minimum absolute atomic E-state index is 0.0505. The van der Waals surface area contributed by atoms with E-state index in [0.717, 1.165) is 36.4 Å². The van der Waals surface area contributed by atoms with E-state index in [-0.39, 0.29) is 11.9 Å². The molecule has 5 nitrogen and oxygen atoms in total. The van der Waals surface area contributed by atoms with Gasteiger partial charge in [0, 0.05) is 25.2 Å². The number of carbonyl (C=O) groups excluding carboxylic acids is 1. The first kappa shape index (κ1) is 20.0. The molecule has 0 aliphatic carbocycles. The average molecular weight is 380 g/mol. The van der Waals surface area contributed by atoms with Crippen LogP contribution < -0.4 is 14.8 Å². The number of aryl methyl sites for hydroxylation is 1. The fourth-order valence-corrected chi connectivity index (χ4v) is 3.82. The normalized spacial score (nSPS) is 16.2. The zero-order valence-electron chi connectivity index (χ0n) is 16.8. The monoisotopic (exact) mass is 380 g/mol. The molecule has 2 aromatic rings. The first-order valence-corrected chi connectivity index (χ1v) is 9.52. The Morgan fingerprint density at radius 3 is 2.64 bits per heavy atom. The quantitative estimate of drug-likeness (QED) is 0.747. The van der Waals surface area contributed by atoms with Crippen molar-refractivity contribution in [2.75, 3.05) is 33.9 Å². The van der Waals surface area contributed by atoms with Crippen LogP contribution in [-0.2, 0) is 6.42 Å². The second-order valence-corrected chi connectivity index (χ2v) is 6.98. The molecule has 0 bridgehead atoms. The maximum Gasteiger partial charge on any atom is 0.251 e. The van der Waals surface area contributed by atoms with Crippen LogP contribution in [0.5, 0.6) is 11.5 Å². The van der Waals surface area contributed by atoms with Crippen LogP contribution in [0.25, 0.3) is 0 Å². The van der Waals surface area contributed by atoms with Gasteiger partial charge in [-0.25, -0.2) is 0 Å². The van der Waals surface area contributed by atoms with Crippen molar-refractivity contribution < 1.29 is 14.3 Å². The SMILES string of the molecule is C=CCN1CCc2cc(OC)c(OC)cc2[C@H]1CNC(=O)c1ccccc1C. The Kier molecular flexibility index (Phi) is 6.37. The molecule has 5 heteroatoms. The Labute approximate surface area is 167 Å². The number of fused-ring (bicyclic) bond motifs is 1. The summed E-state index contributed by atoms with van der Waals surface area (Å²) in [7, 11) is 3.29. The predicted molar refractivity (Wildman–Crippen MR) is 111 cm³/mol. The zero-order chi connectivity index (χ0) is 20.1. The Morgan fingerprint density at radius 2 is 1.96 bits per heavy atom. The van der Waals surface area contributed by atoms with Crippen molar-refractivity contribution in [1.82, 2.24) is 10.2 Å². The molecule has 1 amide bonds. The second kappa shape index (κ2) is 8.93. The van der Waals surface area contributed by atoms with Gasteiger partial charge in [0.1, 0.15) is 0 Å². The summed E-state index contributed by atoms with van der Waals surface area (Å²) in [6.45, 7) is 8.02. The first-order chi connectivity index (χ1) is 13.6. The van der Waals surface area contributed by atoms with Crippen molar-refractivity contribution in [2.45, 2.75) is 19.4 Å². The lowest BCUT2D eigenvalue weighted by molar-refractivity contribution is 0.0932. The Balaban J connectivity index is 1.87. The largest absolute Gasteiger partial charge is 0.493 e. The number of benzene rings is 2. The fourth-order valence-electron chi connectivity index (χ4n) is 3.82. The van der Waals surface area contributed by atoms with Crippen LogP contribution in [0.3, 0.4) is 0 Å². The van der Waals surface area contributed by atoms with Crippen LogP contribution >= 0.6 is 0 Å². The number of carbonyl (C=O) groups is 1. The molecular weight excluding hydrogens is 352 g/mol. The smallest absolute Gasteiger partial charge is 0.251 e. The molecule has 1 heterocycles. The molecular formula is C23H28N2O3. The second-order valence-electron chi connectivity index (χ2n) is 6.98. The minimum atomic E-state index is -0.0516. The molecule has 148 valence electrons. The minimum Gasteiger partial charge on any atom is -0.493 e. The Bertz CT molecular complexity index is 863. The zero-order valence-corrected chi connectivity index (χ0v) is 16.8. The number of hydrogen-bond donors (Lipinski definition) is 1. The first-order valence-electron chi connectivity index (χ1n) is 9.52. The van der Waals surface area contributed by atoms with Crippen LogP contribution in [0.1, 0.15) is 33.1 Å². The summed E-state index contributed by atoms with van der Waals surface area (Å²) in [5.41, 5.74) is 4.07. The Hall–Kier alpha value is -2.79. The van der Waals surface area contributed by atoms with Gasteiger partial charge in [-0.1, -0.05) is 24.3 Å². The van der Waals surface area contributed by atoms with Crippen LogP contribution in [-0.4, -0.2) is 44.7 Å². The number of nitrogens with one attached hydrogen (secondary N) is 1. The lowest BCUT2D eigenvalue weighted by atomic mass is 9.91. The number of amides is 1. The molecule has 1 aliphatic heterocycles. The summed E-state index contributed by atoms with van der Waals surface area (Å²) in [6, 6.07) is 11.8. The van der Waals surface area contributed by atoms with E-state index >= 15 is 0 Å². The maximum absolute atomic E-state index is 12.7. The summed E-state index contributed by atoms with van der Waals surface area (Å²) in [5, 5.41) is 3.12. The van der Waals surface area contributed by atoms with Crippen LogP contribution in [0.4, 0.5) is 0 Å². The Morgan fingerprint density at radius 1 is 1.25 bits per heavy atom. The summed E-state index contributed by atoms with van der Waals surface area (Å²) < 4.78 is 11.0. The average Bonchev–Trinajstić information content (AvgIpc) is 2.72. The van der Waals surface area contributed by atoms with Gasteiger partial charge in [0.2, 0.25) is 0 Å². The molecule has 28 heavy (non-hydrogen) atoms. The van der Waals surface area contributed by atoms with Crippen molar-refractivity contribution in [2.24, 2.45) is 0 Å². The maximum atomic E-state index is 12.7. The van der Waals surface area contributed by atoms with Crippen molar-refractivity contribution in [3.05, 3.63) is 71.3 Å². The molecule has 0 spiro atoms. The molecule has 1 aliphatic rings. The van der Waals surface area contributed by atoms with E-state index in [1.807, 2.05) is 43.3 Å². The fraction of sp³-hybridized carbons (Fsp3) is 0.348. The third-order valence-electron chi connectivity index (χ3n) is 5.32. The highest BCUT2D eigenvalue weighted by Crippen LogP contribution is 2.37. The summed E-state index contributed by atoms with van der Waals surface area (Å²) in [4.78, 5) is 15.0. The van der Waals surface area contributed by atoms with E-state index in [1.165, 1.54) is 5.56 Å². The molecule has 3 rings (SSSR count). The van der Waals surface area contributed by atoms with Crippen molar-refractivity contribution >= 4 is 5.91 Å². The third-order valence-corrected chi connectivity index (χ3v) is 5.32. The van der Waals surface area contributed by atoms with Crippen LogP contribution in [0, 0.1) is 6.92 Å². The highest BCUT2D eigenvalue weighted by Gasteiger charge is 2.29. The van der Waals surface area contributed by atoms with E-state index in [4.69, 9.17) is 9.47 Å². The van der Waals surface area contributed by atoms with Crippen molar-refractivity contribution in [1.29, 1.82) is 0 Å². The lowest BCUT2D eigenvalue weighted by Gasteiger charge is -2.37. The van der Waals surface area contributed by atoms with Crippen LogP contribution in [0.2, 0.25) is 0 Å². The van der Waals surface area contributed by atoms with Gasteiger partial charge < -0.3 is 14.8 Å². The molecule has 0 saturated heterocycles. The number of methoxy groups -OCH3 is 2. The molecule has 2 aromatic carbocycles. The van der Waals surface area contributed by atoms with Gasteiger partial charge in [0.05, 0.1) is 20.3 Å². The van der Waals surface area contributed by atoms with E-state index in [0.29, 0.717) is 17.9 Å². The van der Waals surface area contributed by atoms with Crippen LogP contribution in [0.15, 0.2) is 49.1 Å². The summed E-state index contributed by atoms with van der Waals surface area (Å²) >= 11 is 0. The van der Waals surface area contributed by atoms with Gasteiger partial charge in [-0.3, -0.25) is 9.69 Å². The van der Waals surface area contributed by atoms with E-state index in [1.54, 1.807) is 14.2 Å². The molecule has 1 N–H and O–H groups in total. The number of nitrogens with zero attached hydrogens (tertiary/aromatic N) is 1. The van der Waals surface area contributed by atoms with E-state index in [2.05, 4.69) is 22.9 Å². The molecule has 0 fully saturated rings. The van der Waals surface area contributed by atoms with Crippen molar-refractivity contribution in [3.63, 3.8) is 0 Å². The van der Waals surface area contributed by atoms with Gasteiger partial charge in [0.25, 0.3) is 5.91 Å². The van der Waals surface area contributed by atoms with Gasteiger partial charge in [-0.2, -0.15) is 0 Å². The number of ether oxygens (including phenoxy) is 2. The highest BCUT2D eigenvalue weighted by atomic mass is 16.5. The van der Waals surface area contributed by atoms with Gasteiger partial charge in [0.15, 0.2) is 11.5 Å². The number of rotatable bonds is 7.